The van der Waals surface area contributed by atoms with Crippen LogP contribution in [0, 0.1) is 13.8 Å². The van der Waals surface area contributed by atoms with E-state index >= 15 is 0 Å². The standard InChI is InChI=1S/C22H23BrN2O5/c1-13-10-19(14(2)9-18(13)23)25-21(28)12-30-22(29)8-7-20(27)24-17-6-4-5-16(11-17)15(3)26/h4-6,9-11H,7-8,12H2,1-3H3,(H,24,27)(H,25,28). The minimum atomic E-state index is -0.651. The number of carbonyl (C=O) groups is 4. The molecule has 2 N–H and O–H groups in total. The average molecular weight is 475 g/mol. The number of ketones is 1. The number of esters is 1. The van der Waals surface area contributed by atoms with E-state index < -0.39 is 24.4 Å². The van der Waals surface area contributed by atoms with E-state index in [1.807, 2.05) is 26.0 Å². The highest BCUT2D eigenvalue weighted by molar-refractivity contribution is 9.10. The third-order valence-electron chi connectivity index (χ3n) is 4.25. The van der Waals surface area contributed by atoms with Crippen LogP contribution < -0.4 is 10.6 Å². The zero-order valence-electron chi connectivity index (χ0n) is 17.0. The third-order valence-corrected chi connectivity index (χ3v) is 5.11. The number of ether oxygens (including phenoxy) is 1. The first-order valence-corrected chi connectivity index (χ1v) is 10.1. The number of carbonyl (C=O) groups excluding carboxylic acids is 4. The second kappa shape index (κ2) is 10.7. The number of hydrogen-bond acceptors (Lipinski definition) is 5. The van der Waals surface area contributed by atoms with Gasteiger partial charge in [0.25, 0.3) is 5.91 Å². The molecule has 0 radical (unpaired) electrons. The van der Waals surface area contributed by atoms with Gasteiger partial charge in [0.15, 0.2) is 12.4 Å². The first-order valence-electron chi connectivity index (χ1n) is 9.29. The van der Waals surface area contributed by atoms with Gasteiger partial charge in [-0.1, -0.05) is 28.1 Å². The molecule has 8 heteroatoms. The van der Waals surface area contributed by atoms with Crippen molar-refractivity contribution < 1.29 is 23.9 Å². The van der Waals surface area contributed by atoms with E-state index in [2.05, 4.69) is 26.6 Å². The van der Waals surface area contributed by atoms with E-state index in [-0.39, 0.29) is 18.6 Å². The third kappa shape index (κ3) is 7.11. The molecule has 2 aromatic carbocycles. The lowest BCUT2D eigenvalue weighted by molar-refractivity contribution is -0.147. The Bertz CT molecular complexity index is 987. The van der Waals surface area contributed by atoms with E-state index in [0.29, 0.717) is 16.9 Å². The van der Waals surface area contributed by atoms with Crippen LogP contribution >= 0.6 is 15.9 Å². The molecular weight excluding hydrogens is 452 g/mol. The van der Waals surface area contributed by atoms with Crippen molar-refractivity contribution in [2.24, 2.45) is 0 Å². The second-order valence-electron chi connectivity index (χ2n) is 6.81. The van der Waals surface area contributed by atoms with E-state index in [1.165, 1.54) is 6.92 Å². The molecule has 0 aromatic heterocycles. The lowest BCUT2D eigenvalue weighted by Crippen LogP contribution is -2.22. The van der Waals surface area contributed by atoms with E-state index in [1.54, 1.807) is 24.3 Å². The van der Waals surface area contributed by atoms with Crippen LogP contribution in [-0.4, -0.2) is 30.2 Å². The van der Waals surface area contributed by atoms with Gasteiger partial charge in [-0.15, -0.1) is 0 Å². The van der Waals surface area contributed by atoms with Gasteiger partial charge in [-0.3, -0.25) is 19.2 Å². The number of amides is 2. The van der Waals surface area contributed by atoms with Gasteiger partial charge in [-0.05, 0) is 56.2 Å². The van der Waals surface area contributed by atoms with Crippen LogP contribution in [0.5, 0.6) is 0 Å². The van der Waals surface area contributed by atoms with Gasteiger partial charge in [0.05, 0.1) is 6.42 Å². The Labute approximate surface area is 183 Å². The summed E-state index contributed by atoms with van der Waals surface area (Å²) in [6.45, 7) is 4.76. The second-order valence-corrected chi connectivity index (χ2v) is 7.66. The lowest BCUT2D eigenvalue weighted by Gasteiger charge is -2.11. The lowest BCUT2D eigenvalue weighted by atomic mass is 10.1. The maximum Gasteiger partial charge on any atom is 0.306 e. The molecule has 2 amide bonds. The van der Waals surface area contributed by atoms with E-state index in [4.69, 9.17) is 4.74 Å². The molecular formula is C22H23BrN2O5. The zero-order chi connectivity index (χ0) is 22.3. The van der Waals surface area contributed by atoms with Crippen molar-refractivity contribution in [1.82, 2.24) is 0 Å². The maximum atomic E-state index is 12.0. The zero-order valence-corrected chi connectivity index (χ0v) is 18.6. The number of anilines is 2. The molecule has 0 aliphatic carbocycles. The molecule has 0 fully saturated rings. The quantitative estimate of drug-likeness (QED) is 0.441. The van der Waals surface area contributed by atoms with Gasteiger partial charge in [-0.2, -0.15) is 0 Å². The number of benzene rings is 2. The Morgan fingerprint density at radius 3 is 2.37 bits per heavy atom. The largest absolute Gasteiger partial charge is 0.456 e. The smallest absolute Gasteiger partial charge is 0.306 e. The maximum absolute atomic E-state index is 12.0. The minimum absolute atomic E-state index is 0.101. The number of halogens is 1. The van der Waals surface area contributed by atoms with Crippen molar-refractivity contribution in [2.75, 3.05) is 17.2 Å². The summed E-state index contributed by atoms with van der Waals surface area (Å²) in [6, 6.07) is 10.2. The van der Waals surface area contributed by atoms with Gasteiger partial charge < -0.3 is 15.4 Å². The monoisotopic (exact) mass is 474 g/mol. The van der Waals surface area contributed by atoms with Gasteiger partial charge in [-0.25, -0.2) is 0 Å². The summed E-state index contributed by atoms with van der Waals surface area (Å²) in [5, 5.41) is 5.33. The first kappa shape index (κ1) is 23.3. The molecule has 0 aliphatic rings. The van der Waals surface area contributed by atoms with Crippen LogP contribution in [0.3, 0.4) is 0 Å². The van der Waals surface area contributed by atoms with Crippen LogP contribution in [0.4, 0.5) is 11.4 Å². The Morgan fingerprint density at radius 2 is 1.67 bits per heavy atom. The fraction of sp³-hybridized carbons (Fsp3) is 0.273. The number of hydrogen-bond donors (Lipinski definition) is 2. The van der Waals surface area contributed by atoms with Crippen LogP contribution in [0.2, 0.25) is 0 Å². The molecule has 0 saturated carbocycles. The van der Waals surface area contributed by atoms with Crippen molar-refractivity contribution in [1.29, 1.82) is 0 Å². The molecule has 0 heterocycles. The molecule has 0 aliphatic heterocycles. The molecule has 0 spiro atoms. The Balaban J connectivity index is 1.76. The summed E-state index contributed by atoms with van der Waals surface area (Å²) < 4.78 is 5.88. The first-order chi connectivity index (χ1) is 14.2. The normalized spacial score (nSPS) is 10.3. The molecule has 0 saturated heterocycles. The number of Topliss-reactive ketones (excluding diaryl/α,β-unsaturated/α-hetero) is 1. The predicted octanol–water partition coefficient (Wildman–Crippen LogP) is 4.17. The fourth-order valence-electron chi connectivity index (χ4n) is 2.58. The molecule has 0 unspecified atom stereocenters. The van der Waals surface area contributed by atoms with Crippen molar-refractivity contribution in [3.05, 3.63) is 57.6 Å². The molecule has 158 valence electrons. The summed E-state index contributed by atoms with van der Waals surface area (Å²) in [5.41, 5.74) is 3.43. The van der Waals surface area contributed by atoms with Crippen LogP contribution in [0.25, 0.3) is 0 Å². The highest BCUT2D eigenvalue weighted by atomic mass is 79.9. The SMILES string of the molecule is CC(=O)c1cccc(NC(=O)CCC(=O)OCC(=O)Nc2cc(C)c(Br)cc2C)c1. The van der Waals surface area contributed by atoms with Gasteiger partial charge in [0, 0.05) is 27.8 Å². The average Bonchev–Trinajstić information content (AvgIpc) is 2.69. The topological polar surface area (TPSA) is 102 Å². The Kier molecular flexibility index (Phi) is 8.29. The molecule has 0 atom stereocenters. The highest BCUT2D eigenvalue weighted by Crippen LogP contribution is 2.24. The van der Waals surface area contributed by atoms with Gasteiger partial charge in [0.1, 0.15) is 0 Å². The summed E-state index contributed by atoms with van der Waals surface area (Å²) in [7, 11) is 0. The van der Waals surface area contributed by atoms with Crippen LogP contribution in [-0.2, 0) is 19.1 Å². The predicted molar refractivity (Wildman–Crippen MR) is 118 cm³/mol. The summed E-state index contributed by atoms with van der Waals surface area (Å²) >= 11 is 3.43. The van der Waals surface area contributed by atoms with Crippen LogP contribution in [0.15, 0.2) is 40.9 Å². The summed E-state index contributed by atoms with van der Waals surface area (Å²) in [6.07, 6.45) is -0.266. The van der Waals surface area contributed by atoms with Crippen molar-refractivity contribution in [3.8, 4) is 0 Å². The number of aryl methyl sites for hydroxylation is 2. The Morgan fingerprint density at radius 1 is 0.933 bits per heavy atom. The molecule has 2 aromatic rings. The highest BCUT2D eigenvalue weighted by Gasteiger charge is 2.12. The molecule has 7 nitrogen and oxygen atoms in total. The van der Waals surface area contributed by atoms with Gasteiger partial charge >= 0.3 is 5.97 Å². The minimum Gasteiger partial charge on any atom is -0.456 e. The van der Waals surface area contributed by atoms with Crippen molar-refractivity contribution in [3.63, 3.8) is 0 Å². The number of rotatable bonds is 8. The molecule has 30 heavy (non-hydrogen) atoms. The van der Waals surface area contributed by atoms with Crippen molar-refractivity contribution >= 4 is 50.9 Å². The van der Waals surface area contributed by atoms with E-state index in [0.717, 1.165) is 15.6 Å². The molecule has 0 bridgehead atoms. The summed E-state index contributed by atoms with van der Waals surface area (Å²) in [5.74, 6) is -1.61. The number of nitrogens with one attached hydrogen (secondary N) is 2. The molecule has 2 rings (SSSR count). The fourth-order valence-corrected chi connectivity index (χ4v) is 3.03. The summed E-state index contributed by atoms with van der Waals surface area (Å²) in [4.78, 5) is 47.2. The van der Waals surface area contributed by atoms with Gasteiger partial charge in [0.2, 0.25) is 5.91 Å². The Hall–Kier alpha value is -3.00. The van der Waals surface area contributed by atoms with Crippen molar-refractivity contribution in [2.45, 2.75) is 33.6 Å². The van der Waals surface area contributed by atoms with E-state index in [9.17, 15) is 19.2 Å². The van der Waals surface area contributed by atoms with Crippen LogP contribution in [0.1, 0.15) is 41.3 Å².